The van der Waals surface area contributed by atoms with Crippen LogP contribution in [-0.2, 0) is 6.42 Å². The number of benzene rings is 1. The molecule has 0 atom stereocenters. The van der Waals surface area contributed by atoms with Gasteiger partial charge >= 0.3 is 0 Å². The highest BCUT2D eigenvalue weighted by Crippen LogP contribution is 2.18. The van der Waals surface area contributed by atoms with E-state index in [2.05, 4.69) is 15.9 Å². The maximum Gasteiger partial charge on any atom is 0.134 e. The van der Waals surface area contributed by atoms with Gasteiger partial charge in [-0.2, -0.15) is 0 Å². The average Bonchev–Trinajstić information content (AvgIpc) is 2.26. The fourth-order valence-corrected chi connectivity index (χ4v) is 1.50. The zero-order valence-corrected chi connectivity index (χ0v) is 8.27. The Kier molecular flexibility index (Phi) is 2.51. The zero-order valence-electron chi connectivity index (χ0n) is 8.27. The second-order valence-corrected chi connectivity index (χ2v) is 3.31. The average molecular weight is 197 g/mol. The summed E-state index contributed by atoms with van der Waals surface area (Å²) in [6.07, 6.45) is 8.31. The summed E-state index contributed by atoms with van der Waals surface area (Å²) in [5, 5.41) is 0.891. The summed E-state index contributed by atoms with van der Waals surface area (Å²) >= 11 is 0. The summed E-state index contributed by atoms with van der Waals surface area (Å²) in [4.78, 5) is 8.10. The van der Waals surface area contributed by atoms with E-state index in [-0.39, 0.29) is 0 Å². The third kappa shape index (κ3) is 1.89. The molecule has 3 heteroatoms. The third-order valence-corrected chi connectivity index (χ3v) is 2.29. The second kappa shape index (κ2) is 3.97. The zero-order chi connectivity index (χ0) is 10.7. The van der Waals surface area contributed by atoms with Gasteiger partial charge in [-0.05, 0) is 24.1 Å². The Bertz CT molecular complexity index is 526. The lowest BCUT2D eigenvalue weighted by molar-refractivity contribution is 1.03. The molecule has 74 valence electrons. The van der Waals surface area contributed by atoms with Crippen LogP contribution >= 0.6 is 0 Å². The van der Waals surface area contributed by atoms with E-state index < -0.39 is 0 Å². The number of nitrogen functional groups attached to an aromatic ring is 1. The van der Waals surface area contributed by atoms with Gasteiger partial charge in [-0.3, -0.25) is 0 Å². The maximum absolute atomic E-state index is 5.72. The van der Waals surface area contributed by atoms with Gasteiger partial charge in [0.15, 0.2) is 0 Å². The van der Waals surface area contributed by atoms with Gasteiger partial charge < -0.3 is 5.73 Å². The molecule has 0 spiro atoms. The smallest absolute Gasteiger partial charge is 0.134 e. The Morgan fingerprint density at radius 1 is 1.33 bits per heavy atom. The van der Waals surface area contributed by atoms with Crippen molar-refractivity contribution in [2.75, 3.05) is 5.73 Å². The largest absolute Gasteiger partial charge is 0.383 e. The molecule has 0 aliphatic heterocycles. The van der Waals surface area contributed by atoms with Crippen molar-refractivity contribution in [3.63, 3.8) is 0 Å². The molecule has 2 N–H and O–H groups in total. The van der Waals surface area contributed by atoms with Crippen molar-refractivity contribution in [3.8, 4) is 12.3 Å². The van der Waals surface area contributed by atoms with Crippen molar-refractivity contribution >= 4 is 16.7 Å². The van der Waals surface area contributed by atoms with Crippen molar-refractivity contribution in [1.29, 1.82) is 0 Å². The van der Waals surface area contributed by atoms with Crippen molar-refractivity contribution in [2.45, 2.75) is 12.8 Å². The number of aromatic nitrogens is 2. The summed E-state index contributed by atoms with van der Waals surface area (Å²) in [7, 11) is 0. The van der Waals surface area contributed by atoms with Crippen LogP contribution < -0.4 is 5.73 Å². The Balaban J connectivity index is 2.44. The summed E-state index contributed by atoms with van der Waals surface area (Å²) in [6, 6.07) is 5.96. The minimum Gasteiger partial charge on any atom is -0.383 e. The molecule has 0 aliphatic rings. The predicted octanol–water partition coefficient (Wildman–Crippen LogP) is 1.78. The minimum absolute atomic E-state index is 0.517. The topological polar surface area (TPSA) is 51.8 Å². The summed E-state index contributed by atoms with van der Waals surface area (Å²) in [5.74, 6) is 3.14. The van der Waals surface area contributed by atoms with Gasteiger partial charge in [0, 0.05) is 11.8 Å². The molecule has 1 aromatic carbocycles. The molecule has 0 saturated carbocycles. The lowest BCUT2D eigenvalue weighted by Gasteiger charge is -2.02. The van der Waals surface area contributed by atoms with Gasteiger partial charge in [-0.25, -0.2) is 9.97 Å². The first-order chi connectivity index (χ1) is 7.31. The number of hydrogen-bond donors (Lipinski definition) is 1. The van der Waals surface area contributed by atoms with Gasteiger partial charge in [0.05, 0.1) is 5.52 Å². The van der Waals surface area contributed by atoms with E-state index in [1.807, 2.05) is 18.2 Å². The number of aryl methyl sites for hydroxylation is 1. The van der Waals surface area contributed by atoms with Crippen molar-refractivity contribution in [3.05, 3.63) is 30.1 Å². The van der Waals surface area contributed by atoms with E-state index in [0.717, 1.165) is 23.7 Å². The van der Waals surface area contributed by atoms with Crippen LogP contribution in [0.25, 0.3) is 10.9 Å². The van der Waals surface area contributed by atoms with E-state index in [1.165, 1.54) is 11.9 Å². The fraction of sp³-hybridized carbons (Fsp3) is 0.167. The van der Waals surface area contributed by atoms with Crippen LogP contribution in [0.5, 0.6) is 0 Å². The number of nitrogens with two attached hydrogens (primary N) is 1. The number of rotatable bonds is 2. The predicted molar refractivity (Wildman–Crippen MR) is 61.1 cm³/mol. The summed E-state index contributed by atoms with van der Waals surface area (Å²) < 4.78 is 0. The standard InChI is InChI=1S/C12H11N3/c1-2-3-4-9-5-6-10-11(7-9)14-8-15-12(10)13/h1,5-8H,3-4H2,(H2,13,14,15). The molecular weight excluding hydrogens is 186 g/mol. The number of nitrogens with zero attached hydrogens (tertiary/aromatic N) is 2. The second-order valence-electron chi connectivity index (χ2n) is 3.31. The number of hydrogen-bond acceptors (Lipinski definition) is 3. The lowest BCUT2D eigenvalue weighted by atomic mass is 10.1. The molecule has 0 bridgehead atoms. The van der Waals surface area contributed by atoms with E-state index in [9.17, 15) is 0 Å². The normalized spacial score (nSPS) is 10.1. The molecule has 15 heavy (non-hydrogen) atoms. The summed E-state index contributed by atoms with van der Waals surface area (Å²) in [6.45, 7) is 0. The molecule has 1 aromatic heterocycles. The van der Waals surface area contributed by atoms with Crippen LogP contribution in [0.4, 0.5) is 5.82 Å². The molecular formula is C12H11N3. The van der Waals surface area contributed by atoms with Crippen molar-refractivity contribution in [1.82, 2.24) is 9.97 Å². The number of fused-ring (bicyclic) bond motifs is 1. The Morgan fingerprint density at radius 3 is 3.00 bits per heavy atom. The lowest BCUT2D eigenvalue weighted by Crippen LogP contribution is -1.94. The maximum atomic E-state index is 5.72. The van der Waals surface area contributed by atoms with E-state index in [0.29, 0.717) is 5.82 Å². The number of anilines is 1. The van der Waals surface area contributed by atoms with Crippen molar-refractivity contribution < 1.29 is 0 Å². The first kappa shape index (κ1) is 9.47. The first-order valence-corrected chi connectivity index (χ1v) is 4.74. The van der Waals surface area contributed by atoms with E-state index >= 15 is 0 Å². The van der Waals surface area contributed by atoms with Gasteiger partial charge in [0.2, 0.25) is 0 Å². The third-order valence-electron chi connectivity index (χ3n) is 2.29. The molecule has 1 heterocycles. The Morgan fingerprint density at radius 2 is 2.20 bits per heavy atom. The minimum atomic E-state index is 0.517. The van der Waals surface area contributed by atoms with Gasteiger partial charge in [-0.1, -0.05) is 6.07 Å². The molecule has 0 aliphatic carbocycles. The molecule has 0 saturated heterocycles. The highest BCUT2D eigenvalue weighted by molar-refractivity contribution is 5.87. The first-order valence-electron chi connectivity index (χ1n) is 4.74. The monoisotopic (exact) mass is 197 g/mol. The van der Waals surface area contributed by atoms with Crippen LogP contribution in [0, 0.1) is 12.3 Å². The molecule has 3 nitrogen and oxygen atoms in total. The molecule has 2 aromatic rings. The van der Waals surface area contributed by atoms with E-state index in [4.69, 9.17) is 12.2 Å². The Hall–Kier alpha value is -2.08. The quantitative estimate of drug-likeness (QED) is 0.746. The summed E-state index contributed by atoms with van der Waals surface area (Å²) in [5.41, 5.74) is 7.77. The fourth-order valence-electron chi connectivity index (χ4n) is 1.50. The molecule has 0 amide bonds. The van der Waals surface area contributed by atoms with Crippen LogP contribution in [0.2, 0.25) is 0 Å². The van der Waals surface area contributed by atoms with Crippen LogP contribution in [0.3, 0.4) is 0 Å². The number of terminal acetylenes is 1. The van der Waals surface area contributed by atoms with Crippen molar-refractivity contribution in [2.24, 2.45) is 0 Å². The highest BCUT2D eigenvalue weighted by atomic mass is 14.9. The van der Waals surface area contributed by atoms with Gasteiger partial charge in [0.1, 0.15) is 12.1 Å². The van der Waals surface area contributed by atoms with E-state index in [1.54, 1.807) is 0 Å². The molecule has 2 rings (SSSR count). The van der Waals surface area contributed by atoms with Crippen LogP contribution in [0.15, 0.2) is 24.5 Å². The van der Waals surface area contributed by atoms with Gasteiger partial charge in [0.25, 0.3) is 0 Å². The van der Waals surface area contributed by atoms with Crippen LogP contribution in [-0.4, -0.2) is 9.97 Å². The Labute approximate surface area is 88.4 Å². The SMILES string of the molecule is C#CCCc1ccc2c(N)ncnc2c1. The highest BCUT2D eigenvalue weighted by Gasteiger charge is 2.00. The molecule has 0 fully saturated rings. The van der Waals surface area contributed by atoms with Crippen LogP contribution in [0.1, 0.15) is 12.0 Å². The molecule has 0 unspecified atom stereocenters. The van der Waals surface area contributed by atoms with Gasteiger partial charge in [-0.15, -0.1) is 12.3 Å². The molecule has 0 radical (unpaired) electrons.